The van der Waals surface area contributed by atoms with Crippen molar-refractivity contribution in [1.29, 1.82) is 15.8 Å². The molecule has 1 aliphatic rings. The van der Waals surface area contributed by atoms with Gasteiger partial charge in [-0.15, -0.1) is 0 Å². The van der Waals surface area contributed by atoms with Crippen LogP contribution in [0, 0.1) is 34.0 Å². The van der Waals surface area contributed by atoms with Crippen LogP contribution in [0.5, 0.6) is 0 Å². The molecule has 0 atom stereocenters. The molecule has 0 saturated carbocycles. The van der Waals surface area contributed by atoms with E-state index in [2.05, 4.69) is 16.3 Å². The molecular weight excluding hydrogens is 314 g/mol. The van der Waals surface area contributed by atoms with E-state index in [9.17, 15) is 5.26 Å². The smallest absolute Gasteiger partial charge is 0.172 e. The zero-order valence-corrected chi connectivity index (χ0v) is 13.7. The van der Waals surface area contributed by atoms with Gasteiger partial charge in [-0.2, -0.15) is 20.9 Å². The molecule has 3 rings (SSSR count). The summed E-state index contributed by atoms with van der Waals surface area (Å²) in [6, 6.07) is 11.4. The van der Waals surface area contributed by atoms with Gasteiger partial charge >= 0.3 is 0 Å². The number of rotatable bonds is 2. The summed E-state index contributed by atoms with van der Waals surface area (Å²) in [5.74, 6) is 0.0388. The molecular formula is C19H13N5O. The van der Waals surface area contributed by atoms with Gasteiger partial charge in [-0.1, -0.05) is 30.4 Å². The van der Waals surface area contributed by atoms with Crippen molar-refractivity contribution in [3.63, 3.8) is 0 Å². The van der Waals surface area contributed by atoms with E-state index >= 15 is 0 Å². The van der Waals surface area contributed by atoms with E-state index in [4.69, 9.17) is 15.3 Å². The van der Waals surface area contributed by atoms with Crippen LogP contribution < -0.4 is 0 Å². The molecule has 0 amide bonds. The van der Waals surface area contributed by atoms with Gasteiger partial charge in [-0.25, -0.2) is 0 Å². The summed E-state index contributed by atoms with van der Waals surface area (Å²) >= 11 is 0. The van der Waals surface area contributed by atoms with Gasteiger partial charge in [-0.3, -0.25) is 5.10 Å². The molecule has 1 aliphatic heterocycles. The predicted octanol–water partition coefficient (Wildman–Crippen LogP) is 3.51. The maximum atomic E-state index is 9.52. The number of nitriles is 3. The van der Waals surface area contributed by atoms with Crippen molar-refractivity contribution in [3.05, 3.63) is 58.5 Å². The summed E-state index contributed by atoms with van der Waals surface area (Å²) in [6.07, 6.45) is 5.38. The third-order valence-electron chi connectivity index (χ3n) is 4.00. The summed E-state index contributed by atoms with van der Waals surface area (Å²) in [4.78, 5) is 0. The lowest BCUT2D eigenvalue weighted by Gasteiger charge is -2.20. The van der Waals surface area contributed by atoms with Gasteiger partial charge < -0.3 is 4.74 Å². The molecule has 1 aromatic heterocycles. The molecule has 0 spiro atoms. The monoisotopic (exact) mass is 327 g/mol. The van der Waals surface area contributed by atoms with Crippen LogP contribution in [0.3, 0.4) is 0 Å². The molecule has 0 aliphatic carbocycles. The molecule has 0 saturated heterocycles. The minimum atomic E-state index is -0.822. The third kappa shape index (κ3) is 2.65. The van der Waals surface area contributed by atoms with Gasteiger partial charge in [0, 0.05) is 16.5 Å². The maximum Gasteiger partial charge on any atom is 0.172 e. The number of aromatic nitrogens is 2. The second kappa shape index (κ2) is 6.00. The Labute approximate surface area is 144 Å². The number of fused-ring (bicyclic) bond motifs is 1. The molecule has 1 N–H and O–H groups in total. The van der Waals surface area contributed by atoms with Gasteiger partial charge in [-0.05, 0) is 13.8 Å². The number of para-hydroxylation sites is 1. The van der Waals surface area contributed by atoms with Gasteiger partial charge in [0.15, 0.2) is 11.3 Å². The number of hydrogen-bond donors (Lipinski definition) is 1. The van der Waals surface area contributed by atoms with Crippen LogP contribution in [0.15, 0.2) is 53.0 Å². The van der Waals surface area contributed by atoms with Crippen molar-refractivity contribution in [2.24, 2.45) is 0 Å². The first-order valence-electron chi connectivity index (χ1n) is 7.50. The van der Waals surface area contributed by atoms with E-state index in [0.29, 0.717) is 5.57 Å². The Balaban J connectivity index is 2.14. The maximum absolute atomic E-state index is 9.52. The summed E-state index contributed by atoms with van der Waals surface area (Å²) in [6.45, 7) is 3.58. The fraction of sp³-hybridized carbons (Fsp3) is 0.158. The van der Waals surface area contributed by atoms with Crippen LogP contribution in [0.25, 0.3) is 17.0 Å². The number of nitrogens with zero attached hydrogens (tertiary/aromatic N) is 4. The fourth-order valence-corrected chi connectivity index (χ4v) is 2.79. The molecule has 2 aromatic rings. The lowest BCUT2D eigenvalue weighted by Crippen LogP contribution is -2.20. The Morgan fingerprint density at radius 1 is 1.20 bits per heavy atom. The second-order valence-electron chi connectivity index (χ2n) is 5.96. The topological polar surface area (TPSA) is 109 Å². The minimum absolute atomic E-state index is 0.0388. The van der Waals surface area contributed by atoms with E-state index in [-0.39, 0.29) is 16.9 Å². The van der Waals surface area contributed by atoms with Crippen molar-refractivity contribution in [1.82, 2.24) is 10.2 Å². The van der Waals surface area contributed by atoms with E-state index in [0.717, 1.165) is 16.5 Å². The van der Waals surface area contributed by atoms with Crippen LogP contribution >= 0.6 is 0 Å². The first kappa shape index (κ1) is 16.1. The highest BCUT2D eigenvalue weighted by Gasteiger charge is 2.38. The summed E-state index contributed by atoms with van der Waals surface area (Å²) in [7, 11) is 0. The van der Waals surface area contributed by atoms with Gasteiger partial charge in [0.25, 0.3) is 0 Å². The minimum Gasteiger partial charge on any atom is -0.480 e. The third-order valence-corrected chi connectivity index (χ3v) is 4.00. The van der Waals surface area contributed by atoms with Crippen LogP contribution in [0.2, 0.25) is 0 Å². The van der Waals surface area contributed by atoms with E-state index < -0.39 is 5.60 Å². The van der Waals surface area contributed by atoms with Crippen molar-refractivity contribution in [2.45, 2.75) is 19.4 Å². The molecule has 25 heavy (non-hydrogen) atoms. The largest absolute Gasteiger partial charge is 0.480 e. The first-order valence-corrected chi connectivity index (χ1v) is 7.50. The number of H-pyrrole nitrogens is 1. The van der Waals surface area contributed by atoms with Crippen LogP contribution in [-0.2, 0) is 4.74 Å². The number of nitrogens with one attached hydrogen (secondary N) is 1. The zero-order chi connectivity index (χ0) is 18.0. The average Bonchev–Trinajstić information content (AvgIpc) is 3.16. The van der Waals surface area contributed by atoms with Crippen LogP contribution in [0.4, 0.5) is 0 Å². The zero-order valence-electron chi connectivity index (χ0n) is 13.7. The van der Waals surface area contributed by atoms with Crippen molar-refractivity contribution < 1.29 is 4.74 Å². The Morgan fingerprint density at radius 2 is 1.96 bits per heavy atom. The molecule has 6 nitrogen and oxygen atoms in total. The van der Waals surface area contributed by atoms with Crippen molar-refractivity contribution in [3.8, 4) is 18.2 Å². The van der Waals surface area contributed by atoms with Crippen LogP contribution in [0.1, 0.15) is 19.4 Å². The number of aromatic amines is 1. The molecule has 6 heteroatoms. The normalized spacial score (nSPS) is 15.7. The van der Waals surface area contributed by atoms with Crippen LogP contribution in [-0.4, -0.2) is 15.8 Å². The predicted molar refractivity (Wildman–Crippen MR) is 91.2 cm³/mol. The summed E-state index contributed by atoms with van der Waals surface area (Å²) in [5, 5.41) is 35.7. The summed E-state index contributed by atoms with van der Waals surface area (Å²) in [5.41, 5.74) is 1.59. The fourth-order valence-electron chi connectivity index (χ4n) is 2.79. The number of ether oxygens (including phenoxy) is 1. The number of allylic oxidation sites excluding steroid dienone is 2. The molecule has 1 aromatic carbocycles. The Bertz CT molecular complexity index is 1060. The van der Waals surface area contributed by atoms with Gasteiger partial charge in [0.05, 0.1) is 11.7 Å². The van der Waals surface area contributed by atoms with E-state index in [1.165, 1.54) is 0 Å². The number of benzene rings is 1. The highest BCUT2D eigenvalue weighted by molar-refractivity contribution is 5.87. The standard InChI is InChI=1S/C19H13N5O/c1-19(2)16(15(10-22)18(25-19)14(8-20)9-21)7-6-12-4-3-5-13-11-23-24-17(12)13/h3-7,11H,1-2H3,(H,23,24)/b7-6+. The Kier molecular flexibility index (Phi) is 3.85. The Morgan fingerprint density at radius 3 is 2.64 bits per heavy atom. The lowest BCUT2D eigenvalue weighted by molar-refractivity contribution is 0.0954. The van der Waals surface area contributed by atoms with Crippen molar-refractivity contribution >= 4 is 17.0 Å². The Hall–Kier alpha value is -3.82. The molecule has 0 bridgehead atoms. The molecule has 2 heterocycles. The van der Waals surface area contributed by atoms with E-state index in [1.54, 1.807) is 38.3 Å². The SMILES string of the molecule is CC1(C)OC(=C(C#N)C#N)C(C#N)=C1/C=C/c1cccc2cn[nH]c12. The van der Waals surface area contributed by atoms with Crippen molar-refractivity contribution in [2.75, 3.05) is 0 Å². The number of hydrogen-bond acceptors (Lipinski definition) is 5. The van der Waals surface area contributed by atoms with Gasteiger partial charge in [0.1, 0.15) is 29.4 Å². The quantitative estimate of drug-likeness (QED) is 0.849. The highest BCUT2D eigenvalue weighted by Crippen LogP contribution is 2.40. The lowest BCUT2D eigenvalue weighted by atomic mass is 9.94. The van der Waals surface area contributed by atoms with Gasteiger partial charge in [0.2, 0.25) is 0 Å². The second-order valence-corrected chi connectivity index (χ2v) is 5.96. The molecule has 120 valence electrons. The average molecular weight is 327 g/mol. The summed E-state index contributed by atoms with van der Waals surface area (Å²) < 4.78 is 5.74. The highest BCUT2D eigenvalue weighted by atomic mass is 16.5. The first-order chi connectivity index (χ1) is 12.0. The molecule has 0 radical (unpaired) electrons. The van der Waals surface area contributed by atoms with E-state index in [1.807, 2.05) is 24.3 Å². The molecule has 0 unspecified atom stereocenters. The molecule has 0 fully saturated rings.